The maximum atomic E-state index is 12.4. The van der Waals surface area contributed by atoms with Crippen molar-refractivity contribution in [1.29, 1.82) is 0 Å². The minimum Gasteiger partial charge on any atom is -0.395 e. The molecule has 1 heterocycles. The van der Waals surface area contributed by atoms with E-state index in [1.165, 1.54) is 0 Å². The van der Waals surface area contributed by atoms with Crippen LogP contribution in [0.5, 0.6) is 0 Å². The number of benzene rings is 1. The summed E-state index contributed by atoms with van der Waals surface area (Å²) in [5.41, 5.74) is 0.597. The van der Waals surface area contributed by atoms with E-state index >= 15 is 0 Å². The van der Waals surface area contributed by atoms with Gasteiger partial charge in [-0.05, 0) is 31.2 Å². The van der Waals surface area contributed by atoms with Crippen molar-refractivity contribution in [1.82, 2.24) is 4.31 Å². The molecule has 1 N–H and O–H groups in total. The Morgan fingerprint density at radius 3 is 2.55 bits per heavy atom. The Morgan fingerprint density at radius 2 is 1.95 bits per heavy atom. The fourth-order valence-corrected chi connectivity index (χ4v) is 5.10. The maximum absolute atomic E-state index is 12.4. The third-order valence-electron chi connectivity index (χ3n) is 4.54. The van der Waals surface area contributed by atoms with Gasteiger partial charge in [0, 0.05) is 18.5 Å². The van der Waals surface area contributed by atoms with Crippen molar-refractivity contribution in [3.63, 3.8) is 0 Å². The first-order chi connectivity index (χ1) is 9.58. The molecule has 0 aromatic heterocycles. The predicted octanol–water partition coefficient (Wildman–Crippen LogP) is 1.50. The summed E-state index contributed by atoms with van der Waals surface area (Å²) < 4.78 is 26.5. The Kier molecular flexibility index (Phi) is 3.60. The van der Waals surface area contributed by atoms with Gasteiger partial charge in [-0.25, -0.2) is 12.7 Å². The zero-order valence-electron chi connectivity index (χ0n) is 11.5. The van der Waals surface area contributed by atoms with Gasteiger partial charge in [0.15, 0.2) is 0 Å². The van der Waals surface area contributed by atoms with Crippen LogP contribution in [0, 0.1) is 0 Å². The van der Waals surface area contributed by atoms with Gasteiger partial charge in [-0.1, -0.05) is 30.3 Å². The standard InChI is InChI=1S/C15H21NO3S/c17-12-15(13-5-2-1-3-6-13)9-4-10-16(11-15)20(18,19)14-7-8-14/h1-3,5-6,14,17H,4,7-12H2/t15-/m0/s1. The molecule has 1 aliphatic heterocycles. The smallest absolute Gasteiger partial charge is 0.217 e. The molecule has 0 radical (unpaired) electrons. The Labute approximate surface area is 120 Å². The molecule has 1 saturated carbocycles. The van der Waals surface area contributed by atoms with E-state index in [1.807, 2.05) is 30.3 Å². The van der Waals surface area contributed by atoms with Crippen molar-refractivity contribution in [2.75, 3.05) is 19.7 Å². The molecular formula is C15H21NO3S. The van der Waals surface area contributed by atoms with E-state index < -0.39 is 15.4 Å². The van der Waals surface area contributed by atoms with Crippen molar-refractivity contribution in [3.05, 3.63) is 35.9 Å². The van der Waals surface area contributed by atoms with E-state index in [1.54, 1.807) is 4.31 Å². The van der Waals surface area contributed by atoms with Crippen LogP contribution < -0.4 is 0 Å². The molecule has 1 aliphatic carbocycles. The second kappa shape index (κ2) is 5.13. The molecule has 5 heteroatoms. The van der Waals surface area contributed by atoms with Crippen LogP contribution >= 0.6 is 0 Å². The minimum absolute atomic E-state index is 0.00625. The lowest BCUT2D eigenvalue weighted by atomic mass is 9.75. The molecule has 1 saturated heterocycles. The highest BCUT2D eigenvalue weighted by Gasteiger charge is 2.45. The van der Waals surface area contributed by atoms with Crippen molar-refractivity contribution >= 4 is 10.0 Å². The lowest BCUT2D eigenvalue weighted by Gasteiger charge is -2.41. The van der Waals surface area contributed by atoms with Gasteiger partial charge in [0.1, 0.15) is 0 Å². The highest BCUT2D eigenvalue weighted by atomic mass is 32.2. The number of hydrogen-bond donors (Lipinski definition) is 1. The number of piperidine rings is 1. The average Bonchev–Trinajstić information content (AvgIpc) is 3.33. The average molecular weight is 295 g/mol. The third kappa shape index (κ3) is 2.38. The number of rotatable bonds is 4. The molecule has 3 rings (SSSR count). The molecule has 1 atom stereocenters. The molecule has 2 fully saturated rings. The Bertz CT molecular complexity index is 568. The SMILES string of the molecule is O=S(=O)(C1CC1)N1CCC[C@](CO)(c2ccccc2)C1. The Balaban J connectivity index is 1.89. The summed E-state index contributed by atoms with van der Waals surface area (Å²) >= 11 is 0. The normalized spacial score (nSPS) is 28.4. The summed E-state index contributed by atoms with van der Waals surface area (Å²) in [6.07, 6.45) is 3.22. The van der Waals surface area contributed by atoms with Gasteiger partial charge in [-0.15, -0.1) is 0 Å². The van der Waals surface area contributed by atoms with E-state index in [0.29, 0.717) is 13.1 Å². The van der Waals surface area contributed by atoms with Gasteiger partial charge < -0.3 is 5.11 Å². The zero-order valence-corrected chi connectivity index (χ0v) is 12.3. The lowest BCUT2D eigenvalue weighted by Crippen LogP contribution is -2.51. The summed E-state index contributed by atoms with van der Waals surface area (Å²) in [6.45, 7) is 0.994. The molecular weight excluding hydrogens is 274 g/mol. The van der Waals surface area contributed by atoms with E-state index in [-0.39, 0.29) is 11.9 Å². The molecule has 20 heavy (non-hydrogen) atoms. The van der Waals surface area contributed by atoms with E-state index in [9.17, 15) is 13.5 Å². The zero-order chi connectivity index (χ0) is 14.2. The van der Waals surface area contributed by atoms with Crippen molar-refractivity contribution in [2.24, 2.45) is 0 Å². The highest BCUT2D eigenvalue weighted by Crippen LogP contribution is 2.38. The van der Waals surface area contributed by atoms with Crippen LogP contribution in [0.2, 0.25) is 0 Å². The largest absolute Gasteiger partial charge is 0.395 e. The minimum atomic E-state index is -3.16. The van der Waals surface area contributed by atoms with Crippen LogP contribution in [0.25, 0.3) is 0 Å². The van der Waals surface area contributed by atoms with Crippen LogP contribution in [0.3, 0.4) is 0 Å². The fourth-order valence-electron chi connectivity index (χ4n) is 3.13. The first-order valence-corrected chi connectivity index (χ1v) is 8.74. The van der Waals surface area contributed by atoms with Crippen molar-refractivity contribution in [2.45, 2.75) is 36.3 Å². The molecule has 4 nitrogen and oxygen atoms in total. The molecule has 0 bridgehead atoms. The number of hydrogen-bond acceptors (Lipinski definition) is 3. The first kappa shape index (κ1) is 14.0. The summed E-state index contributed by atoms with van der Waals surface area (Å²) in [4.78, 5) is 0. The summed E-state index contributed by atoms with van der Waals surface area (Å²) in [5, 5.41) is 9.74. The van der Waals surface area contributed by atoms with Gasteiger partial charge in [-0.3, -0.25) is 0 Å². The second-order valence-electron chi connectivity index (χ2n) is 5.99. The molecule has 1 aromatic carbocycles. The van der Waals surface area contributed by atoms with Crippen LogP contribution in [-0.2, 0) is 15.4 Å². The summed E-state index contributed by atoms with van der Waals surface area (Å²) in [6, 6.07) is 9.81. The topological polar surface area (TPSA) is 57.6 Å². The fraction of sp³-hybridized carbons (Fsp3) is 0.600. The van der Waals surface area contributed by atoms with Crippen LogP contribution in [-0.4, -0.2) is 42.8 Å². The van der Waals surface area contributed by atoms with Gasteiger partial charge in [-0.2, -0.15) is 0 Å². The summed E-state index contributed by atoms with van der Waals surface area (Å²) in [5.74, 6) is 0. The van der Waals surface area contributed by atoms with E-state index in [2.05, 4.69) is 0 Å². The second-order valence-corrected chi connectivity index (χ2v) is 8.20. The van der Waals surface area contributed by atoms with E-state index in [0.717, 1.165) is 31.2 Å². The Morgan fingerprint density at radius 1 is 1.25 bits per heavy atom. The van der Waals surface area contributed by atoms with Crippen LogP contribution in [0.4, 0.5) is 0 Å². The van der Waals surface area contributed by atoms with Crippen molar-refractivity contribution in [3.8, 4) is 0 Å². The molecule has 2 aliphatic rings. The maximum Gasteiger partial charge on any atom is 0.217 e. The molecule has 0 spiro atoms. The third-order valence-corrected chi connectivity index (χ3v) is 6.88. The first-order valence-electron chi connectivity index (χ1n) is 7.24. The summed E-state index contributed by atoms with van der Waals surface area (Å²) in [7, 11) is -3.16. The number of aliphatic hydroxyl groups is 1. The van der Waals surface area contributed by atoms with Gasteiger partial charge in [0.25, 0.3) is 0 Å². The van der Waals surface area contributed by atoms with Crippen LogP contribution in [0.15, 0.2) is 30.3 Å². The van der Waals surface area contributed by atoms with E-state index in [4.69, 9.17) is 0 Å². The Hall–Kier alpha value is -0.910. The number of sulfonamides is 1. The lowest BCUT2D eigenvalue weighted by molar-refractivity contribution is 0.129. The van der Waals surface area contributed by atoms with Gasteiger partial charge in [0.2, 0.25) is 10.0 Å². The highest BCUT2D eigenvalue weighted by molar-refractivity contribution is 7.90. The van der Waals surface area contributed by atoms with Crippen molar-refractivity contribution < 1.29 is 13.5 Å². The van der Waals surface area contributed by atoms with Gasteiger partial charge >= 0.3 is 0 Å². The van der Waals surface area contributed by atoms with Crippen LogP contribution in [0.1, 0.15) is 31.2 Å². The molecule has 0 amide bonds. The predicted molar refractivity (Wildman–Crippen MR) is 78.0 cm³/mol. The molecule has 1 aromatic rings. The monoisotopic (exact) mass is 295 g/mol. The quantitative estimate of drug-likeness (QED) is 0.916. The molecule has 0 unspecified atom stereocenters. The van der Waals surface area contributed by atoms with Gasteiger partial charge in [0.05, 0.1) is 11.9 Å². The molecule has 110 valence electrons. The number of nitrogens with zero attached hydrogens (tertiary/aromatic N) is 1. The number of aliphatic hydroxyl groups excluding tert-OH is 1.